The molecule has 1 aliphatic heterocycles. The van der Waals surface area contributed by atoms with Crippen molar-refractivity contribution in [3.63, 3.8) is 0 Å². The third-order valence-corrected chi connectivity index (χ3v) is 4.54. The fourth-order valence-corrected chi connectivity index (χ4v) is 3.24. The molecular formula is C21H25ClCrF6N5OSb+. The first-order chi connectivity index (χ1) is 15.7. The summed E-state index contributed by atoms with van der Waals surface area (Å²) in [7, 11) is 2.07. The second-order valence-electron chi connectivity index (χ2n) is 7.85. The van der Waals surface area contributed by atoms with Gasteiger partial charge < -0.3 is 27.1 Å². The minimum atomic E-state index is -11.2. The molecular weight excluding hydrogens is 661 g/mol. The van der Waals surface area contributed by atoms with Crippen LogP contribution in [0.1, 0.15) is 24.5 Å². The van der Waals surface area contributed by atoms with Gasteiger partial charge in [0.25, 0.3) is 0 Å². The van der Waals surface area contributed by atoms with Crippen LogP contribution in [0.5, 0.6) is 0 Å². The van der Waals surface area contributed by atoms with E-state index in [-0.39, 0.29) is 29.8 Å². The quantitative estimate of drug-likeness (QED) is 0.256. The summed E-state index contributed by atoms with van der Waals surface area (Å²) in [6.45, 7) is 3.51. The molecule has 0 atom stereocenters. The molecule has 15 heteroatoms. The first-order valence-corrected chi connectivity index (χ1v) is 16.2. The topological polar surface area (TPSA) is 69.8 Å². The number of H-pyrrole nitrogens is 2. The Kier molecular flexibility index (Phi) is 11.2. The van der Waals surface area contributed by atoms with Crippen LogP contribution in [0.25, 0.3) is 22.1 Å². The standard InChI is InChI=1S/C17H17N5.C4H8O.ClH.Cr.6FH.Sb/c1-22(10-16-18-12-6-2-3-7-13(12)19-16)11-17-20-14-8-4-5-9-15(14)21-17;1-2-4-5-3-1;;;;;;;;;/h2-9H,10-11H2,1H3,(H,18,19)(H,20,21);1-4H2;1H;;6*1H;/q;;;+3;;;;;;;+5/p-7. The molecule has 4 aromatic rings. The second-order valence-corrected chi connectivity index (χ2v) is 13.3. The van der Waals surface area contributed by atoms with E-state index in [4.69, 9.17) is 4.74 Å². The fraction of sp³-hybridized carbons (Fsp3) is 0.333. The number of para-hydroxylation sites is 4. The minimum absolute atomic E-state index is 0. The van der Waals surface area contributed by atoms with Crippen LogP contribution in [0, 0.1) is 0 Å². The summed E-state index contributed by atoms with van der Waals surface area (Å²) in [5, 5.41) is 0. The van der Waals surface area contributed by atoms with E-state index >= 15 is 0 Å². The monoisotopic (exact) mass is 685 g/mol. The first kappa shape index (κ1) is 32.5. The Hall–Kier alpha value is -1.48. The zero-order chi connectivity index (χ0) is 24.9. The summed E-state index contributed by atoms with van der Waals surface area (Å²) in [6.07, 6.45) is 2.56. The van der Waals surface area contributed by atoms with Crippen molar-refractivity contribution >= 4 is 41.5 Å². The number of imidazole rings is 2. The van der Waals surface area contributed by atoms with Gasteiger partial charge in [-0.2, -0.15) is 0 Å². The van der Waals surface area contributed by atoms with Gasteiger partial charge in [-0.25, -0.2) is 9.97 Å². The second kappa shape index (κ2) is 12.4. The number of benzene rings is 2. The molecule has 3 heterocycles. The summed E-state index contributed by atoms with van der Waals surface area (Å²) < 4.78 is 64.5. The van der Waals surface area contributed by atoms with Crippen LogP contribution >= 0.6 is 0 Å². The van der Waals surface area contributed by atoms with Crippen molar-refractivity contribution in [2.75, 3.05) is 20.3 Å². The van der Waals surface area contributed by atoms with Crippen LogP contribution in [0.2, 0.25) is 0 Å². The van der Waals surface area contributed by atoms with Crippen LogP contribution in [0.4, 0.5) is 16.9 Å². The summed E-state index contributed by atoms with van der Waals surface area (Å²) in [5.74, 6) is 1.94. The van der Waals surface area contributed by atoms with Gasteiger partial charge in [0.05, 0.1) is 35.2 Å². The molecule has 2 N–H and O–H groups in total. The zero-order valence-electron chi connectivity index (χ0n) is 19.1. The van der Waals surface area contributed by atoms with Gasteiger partial charge in [-0.05, 0) is 44.2 Å². The molecule has 1 fully saturated rings. The normalized spacial score (nSPS) is 15.0. The van der Waals surface area contributed by atoms with E-state index in [1.807, 2.05) is 48.5 Å². The number of aromatic amines is 2. The van der Waals surface area contributed by atoms with Crippen LogP contribution in [-0.2, 0) is 35.2 Å². The van der Waals surface area contributed by atoms with Crippen molar-refractivity contribution in [1.29, 1.82) is 0 Å². The number of aromatic nitrogens is 4. The Morgan fingerprint density at radius 1 is 0.778 bits per heavy atom. The average Bonchev–Trinajstić information content (AvgIpc) is 3.46. The third kappa shape index (κ3) is 13.2. The van der Waals surface area contributed by atoms with Crippen LogP contribution in [0.3, 0.4) is 0 Å². The average molecular weight is 687 g/mol. The Labute approximate surface area is 223 Å². The molecule has 1 aliphatic rings. The van der Waals surface area contributed by atoms with Gasteiger partial charge in [-0.3, -0.25) is 4.90 Å². The predicted octanol–water partition coefficient (Wildman–Crippen LogP) is 3.01. The molecule has 36 heavy (non-hydrogen) atoms. The molecule has 1 radical (unpaired) electrons. The molecule has 0 spiro atoms. The van der Waals surface area contributed by atoms with Crippen molar-refractivity contribution < 1.29 is 51.4 Å². The van der Waals surface area contributed by atoms with E-state index in [0.717, 1.165) is 60.0 Å². The van der Waals surface area contributed by atoms with Gasteiger partial charge in [-0.1, -0.05) is 24.3 Å². The first-order valence-electron chi connectivity index (χ1n) is 10.4. The zero-order valence-corrected chi connectivity index (χ0v) is 23.7. The molecule has 0 amide bonds. The summed E-state index contributed by atoms with van der Waals surface area (Å²) in [6, 6.07) is 16.2. The molecule has 0 saturated carbocycles. The van der Waals surface area contributed by atoms with E-state index in [1.54, 1.807) is 0 Å². The maximum absolute atomic E-state index is 11.2. The molecule has 1 saturated heterocycles. The van der Waals surface area contributed by atoms with Crippen LogP contribution in [-0.4, -0.2) is 64.6 Å². The molecule has 2 aromatic carbocycles. The van der Waals surface area contributed by atoms with E-state index < -0.39 is 19.5 Å². The van der Waals surface area contributed by atoms with Gasteiger partial charge in [-0.15, -0.1) is 0 Å². The van der Waals surface area contributed by atoms with E-state index in [9.17, 15) is 16.9 Å². The number of nitrogens with zero attached hydrogens (tertiary/aromatic N) is 3. The van der Waals surface area contributed by atoms with Gasteiger partial charge in [0, 0.05) is 13.2 Å². The number of fused-ring (bicyclic) bond motifs is 2. The fourth-order valence-electron chi connectivity index (χ4n) is 3.24. The SMILES string of the molecule is C1CCOC1.CN(Cc1nc2ccccc2[nH]1)Cc1nc2ccccc2[nH]1.[Cl-].[Cr+3].[F][Sb-]([F])([F])([F])([F])[F]. The molecule has 6 nitrogen and oxygen atoms in total. The van der Waals surface area contributed by atoms with Crippen molar-refractivity contribution in [3.05, 3.63) is 60.2 Å². The van der Waals surface area contributed by atoms with Crippen molar-refractivity contribution in [2.24, 2.45) is 0 Å². The Balaban J connectivity index is 0.000000388. The van der Waals surface area contributed by atoms with Crippen LogP contribution < -0.4 is 12.4 Å². The number of nitrogens with one attached hydrogen (secondary N) is 2. The molecule has 199 valence electrons. The van der Waals surface area contributed by atoms with Gasteiger partial charge in [0.2, 0.25) is 0 Å². The third-order valence-electron chi connectivity index (χ3n) is 4.54. The van der Waals surface area contributed by atoms with E-state index in [1.165, 1.54) is 12.8 Å². The van der Waals surface area contributed by atoms with E-state index in [0.29, 0.717) is 0 Å². The molecule has 0 unspecified atom stereocenters. The van der Waals surface area contributed by atoms with Gasteiger partial charge in [0.15, 0.2) is 0 Å². The Bertz CT molecular complexity index is 1070. The number of hydrogen-bond acceptors (Lipinski definition) is 4. The van der Waals surface area contributed by atoms with Crippen molar-refractivity contribution in [1.82, 2.24) is 24.8 Å². The van der Waals surface area contributed by atoms with Gasteiger partial charge >= 0.3 is 53.7 Å². The number of halogens is 7. The van der Waals surface area contributed by atoms with Crippen LogP contribution in [0.15, 0.2) is 48.5 Å². The number of rotatable bonds is 4. The number of ether oxygens (including phenoxy) is 1. The molecule has 0 bridgehead atoms. The molecule has 2 aromatic heterocycles. The van der Waals surface area contributed by atoms with Crippen molar-refractivity contribution in [2.45, 2.75) is 25.9 Å². The van der Waals surface area contributed by atoms with E-state index in [2.05, 4.69) is 31.9 Å². The summed E-state index contributed by atoms with van der Waals surface area (Å²) in [5.41, 5.74) is 4.17. The number of hydrogen-bond donors (Lipinski definition) is 2. The Morgan fingerprint density at radius 2 is 1.14 bits per heavy atom. The molecule has 5 rings (SSSR count). The maximum atomic E-state index is 9.93. The summed E-state index contributed by atoms with van der Waals surface area (Å²) >= 11 is -11.2. The Morgan fingerprint density at radius 3 is 1.44 bits per heavy atom. The molecule has 0 aliphatic carbocycles. The van der Waals surface area contributed by atoms with Crippen molar-refractivity contribution in [3.8, 4) is 0 Å². The summed E-state index contributed by atoms with van der Waals surface area (Å²) in [4.78, 5) is 18.1. The van der Waals surface area contributed by atoms with Gasteiger partial charge in [0.1, 0.15) is 11.6 Å². The predicted molar refractivity (Wildman–Crippen MR) is 120 cm³/mol.